The van der Waals surface area contributed by atoms with Gasteiger partial charge in [0.05, 0.1) is 11.7 Å². The van der Waals surface area contributed by atoms with E-state index in [4.69, 9.17) is 5.11 Å². The quantitative estimate of drug-likeness (QED) is 0.800. The largest absolute Gasteiger partial charge is 0.481 e. The van der Waals surface area contributed by atoms with Crippen molar-refractivity contribution in [3.05, 3.63) is 0 Å². The lowest BCUT2D eigenvalue weighted by Gasteiger charge is -2.35. The number of hydrogen-bond donors (Lipinski definition) is 1. The molecule has 0 spiro atoms. The Morgan fingerprint density at radius 2 is 1.88 bits per heavy atom. The van der Waals surface area contributed by atoms with Crippen LogP contribution >= 0.6 is 0 Å². The maximum atomic E-state index is 11.8. The average molecular weight is 275 g/mol. The van der Waals surface area contributed by atoms with Gasteiger partial charge >= 0.3 is 12.1 Å². The zero-order valence-corrected chi connectivity index (χ0v) is 9.59. The molecule has 9 heteroatoms. The molecule has 5 nitrogen and oxygen atoms in total. The van der Waals surface area contributed by atoms with E-state index in [2.05, 4.69) is 0 Å². The van der Waals surface area contributed by atoms with Crippen molar-refractivity contribution in [3.8, 4) is 0 Å². The van der Waals surface area contributed by atoms with Crippen LogP contribution in [0.4, 0.5) is 13.2 Å². The summed E-state index contributed by atoms with van der Waals surface area (Å²) in [5.74, 6) is -2.43. The highest BCUT2D eigenvalue weighted by Gasteiger charge is 2.39. The van der Waals surface area contributed by atoms with Crippen LogP contribution in [0.5, 0.6) is 0 Å². The zero-order valence-electron chi connectivity index (χ0n) is 8.77. The molecule has 0 radical (unpaired) electrons. The van der Waals surface area contributed by atoms with Gasteiger partial charge in [0.2, 0.25) is 10.0 Å². The number of sulfonamides is 1. The van der Waals surface area contributed by atoms with E-state index in [1.807, 2.05) is 0 Å². The van der Waals surface area contributed by atoms with Gasteiger partial charge in [-0.2, -0.15) is 13.2 Å². The third-order valence-corrected chi connectivity index (χ3v) is 4.34. The van der Waals surface area contributed by atoms with Gasteiger partial charge in [0.15, 0.2) is 0 Å². The Morgan fingerprint density at radius 3 is 2.29 bits per heavy atom. The van der Waals surface area contributed by atoms with Gasteiger partial charge in [-0.25, -0.2) is 12.7 Å². The molecule has 0 atom stereocenters. The van der Waals surface area contributed by atoms with E-state index in [-0.39, 0.29) is 13.1 Å². The number of halogens is 3. The molecule has 0 saturated carbocycles. The number of hydrogen-bond acceptors (Lipinski definition) is 3. The fourth-order valence-corrected chi connectivity index (χ4v) is 2.99. The summed E-state index contributed by atoms with van der Waals surface area (Å²) in [4.78, 5) is 10.4. The van der Waals surface area contributed by atoms with E-state index in [1.165, 1.54) is 0 Å². The summed E-state index contributed by atoms with van der Waals surface area (Å²) in [5, 5.41) is 8.53. The van der Waals surface area contributed by atoms with Crippen LogP contribution in [0, 0.1) is 5.92 Å². The predicted molar refractivity (Wildman–Crippen MR) is 51.8 cm³/mol. The molecule has 0 aromatic rings. The molecule has 1 saturated heterocycles. The van der Waals surface area contributed by atoms with E-state index in [9.17, 15) is 26.4 Å². The van der Waals surface area contributed by atoms with Crippen LogP contribution < -0.4 is 0 Å². The molecule has 100 valence electrons. The molecule has 0 amide bonds. The van der Waals surface area contributed by atoms with Crippen molar-refractivity contribution in [1.82, 2.24) is 4.31 Å². The summed E-state index contributed by atoms with van der Waals surface area (Å²) in [5.41, 5.74) is 0. The second-order valence-electron chi connectivity index (χ2n) is 3.89. The maximum absolute atomic E-state index is 11.8. The van der Waals surface area contributed by atoms with Crippen molar-refractivity contribution in [2.24, 2.45) is 5.92 Å². The lowest BCUT2D eigenvalue weighted by Crippen LogP contribution is -2.53. The van der Waals surface area contributed by atoms with Gasteiger partial charge in [-0.1, -0.05) is 0 Å². The summed E-state index contributed by atoms with van der Waals surface area (Å²) in [6.07, 6.45) is -6.02. The molecular weight excluding hydrogens is 263 g/mol. The Balaban J connectivity index is 2.36. The summed E-state index contributed by atoms with van der Waals surface area (Å²) < 4.78 is 59.2. The van der Waals surface area contributed by atoms with Gasteiger partial charge < -0.3 is 5.11 Å². The van der Waals surface area contributed by atoms with Gasteiger partial charge in [-0.15, -0.1) is 0 Å². The Morgan fingerprint density at radius 1 is 1.35 bits per heavy atom. The molecule has 0 unspecified atom stereocenters. The minimum Gasteiger partial charge on any atom is -0.481 e. The maximum Gasteiger partial charge on any atom is 0.389 e. The minimum atomic E-state index is -4.37. The molecule has 1 aliphatic heterocycles. The molecule has 0 aliphatic carbocycles. The number of carbonyl (C=O) groups is 1. The smallest absolute Gasteiger partial charge is 0.389 e. The van der Waals surface area contributed by atoms with Crippen LogP contribution in [0.2, 0.25) is 0 Å². The van der Waals surface area contributed by atoms with Crippen molar-refractivity contribution in [2.45, 2.75) is 19.0 Å². The Labute approximate surface area is 96.3 Å². The molecule has 1 N–H and O–H groups in total. The third-order valence-electron chi connectivity index (χ3n) is 2.45. The number of carboxylic acids is 1. The van der Waals surface area contributed by atoms with E-state index >= 15 is 0 Å². The number of alkyl halides is 3. The van der Waals surface area contributed by atoms with Crippen LogP contribution in [0.15, 0.2) is 0 Å². The van der Waals surface area contributed by atoms with E-state index in [0.717, 1.165) is 4.31 Å². The Hall–Kier alpha value is -0.830. The molecule has 1 heterocycles. The summed E-state index contributed by atoms with van der Waals surface area (Å²) in [6.45, 7) is -0.298. The highest BCUT2D eigenvalue weighted by Crippen LogP contribution is 2.24. The fraction of sp³-hybridized carbons (Fsp3) is 0.875. The molecule has 1 fully saturated rings. The van der Waals surface area contributed by atoms with E-state index in [0.29, 0.717) is 0 Å². The first-order valence-electron chi connectivity index (χ1n) is 4.89. The van der Waals surface area contributed by atoms with Gasteiger partial charge in [-0.05, 0) is 6.42 Å². The summed E-state index contributed by atoms with van der Waals surface area (Å²) in [6, 6.07) is 0. The highest BCUT2D eigenvalue weighted by atomic mass is 32.2. The summed E-state index contributed by atoms with van der Waals surface area (Å²) in [7, 11) is -3.74. The standard InChI is InChI=1S/C8H12F3NO4S/c9-8(10,11)2-1-3-17(15,16)12-4-6(5-12)7(13)14/h6H,1-5H2,(H,13,14). The van der Waals surface area contributed by atoms with Crippen molar-refractivity contribution < 1.29 is 31.5 Å². The van der Waals surface area contributed by atoms with Gasteiger partial charge in [0, 0.05) is 19.5 Å². The summed E-state index contributed by atoms with van der Waals surface area (Å²) >= 11 is 0. The molecule has 0 aromatic carbocycles. The first-order chi connectivity index (χ1) is 7.62. The number of nitrogens with zero attached hydrogens (tertiary/aromatic N) is 1. The van der Waals surface area contributed by atoms with Crippen LogP contribution in [0.3, 0.4) is 0 Å². The van der Waals surface area contributed by atoms with Crippen molar-refractivity contribution >= 4 is 16.0 Å². The second-order valence-corrected chi connectivity index (χ2v) is 5.98. The van der Waals surface area contributed by atoms with Gasteiger partial charge in [-0.3, -0.25) is 4.79 Å². The van der Waals surface area contributed by atoms with Crippen LogP contribution in [-0.2, 0) is 14.8 Å². The first kappa shape index (κ1) is 14.2. The molecule has 1 aliphatic rings. The molecule has 17 heavy (non-hydrogen) atoms. The Kier molecular flexibility index (Phi) is 4.03. The molecular formula is C8H12F3NO4S. The van der Waals surface area contributed by atoms with Crippen molar-refractivity contribution in [1.29, 1.82) is 0 Å². The average Bonchev–Trinajstić information content (AvgIpc) is 1.94. The van der Waals surface area contributed by atoms with E-state index < -0.39 is 46.7 Å². The zero-order chi connectivity index (χ0) is 13.3. The normalized spacial score (nSPS) is 19.0. The van der Waals surface area contributed by atoms with Gasteiger partial charge in [0.25, 0.3) is 0 Å². The van der Waals surface area contributed by atoms with Crippen molar-refractivity contribution in [2.75, 3.05) is 18.8 Å². The van der Waals surface area contributed by atoms with Crippen LogP contribution in [0.25, 0.3) is 0 Å². The van der Waals surface area contributed by atoms with E-state index in [1.54, 1.807) is 0 Å². The van der Waals surface area contributed by atoms with Crippen LogP contribution in [0.1, 0.15) is 12.8 Å². The molecule has 0 aromatic heterocycles. The number of aliphatic carboxylic acids is 1. The van der Waals surface area contributed by atoms with Crippen molar-refractivity contribution in [3.63, 3.8) is 0 Å². The topological polar surface area (TPSA) is 74.7 Å². The van der Waals surface area contributed by atoms with Gasteiger partial charge in [0.1, 0.15) is 0 Å². The highest BCUT2D eigenvalue weighted by molar-refractivity contribution is 7.89. The Bertz CT molecular complexity index is 386. The SMILES string of the molecule is O=C(O)C1CN(S(=O)(=O)CCCC(F)(F)F)C1. The fourth-order valence-electron chi connectivity index (χ4n) is 1.41. The molecule has 1 rings (SSSR count). The van der Waals surface area contributed by atoms with Crippen LogP contribution in [-0.4, -0.2) is 48.8 Å². The number of carboxylic acid groups (broad SMARTS) is 1. The monoisotopic (exact) mass is 275 g/mol. The predicted octanol–water partition coefficient (Wildman–Crippen LogP) is 0.675. The lowest BCUT2D eigenvalue weighted by atomic mass is 10.0. The molecule has 0 bridgehead atoms. The number of rotatable bonds is 5. The second kappa shape index (κ2) is 4.81. The third kappa shape index (κ3) is 4.15. The minimum absolute atomic E-state index is 0.149. The first-order valence-corrected chi connectivity index (χ1v) is 6.50. The lowest BCUT2D eigenvalue weighted by molar-refractivity contribution is -0.145.